The molecule has 0 atom stereocenters. The summed E-state index contributed by atoms with van der Waals surface area (Å²) in [4.78, 5) is 15.4. The van der Waals surface area contributed by atoms with Gasteiger partial charge >= 0.3 is 0 Å². The van der Waals surface area contributed by atoms with Crippen LogP contribution < -0.4 is 0 Å². The van der Waals surface area contributed by atoms with E-state index in [1.54, 1.807) is 18.2 Å². The molecule has 112 valence electrons. The van der Waals surface area contributed by atoms with Crippen LogP contribution in [-0.4, -0.2) is 9.97 Å². The van der Waals surface area contributed by atoms with Gasteiger partial charge in [0, 0.05) is 17.0 Å². The summed E-state index contributed by atoms with van der Waals surface area (Å²) in [5.41, 5.74) is 2.12. The monoisotopic (exact) mass is 330 g/mol. The van der Waals surface area contributed by atoms with E-state index in [1.165, 1.54) is 29.5 Å². The van der Waals surface area contributed by atoms with Crippen molar-refractivity contribution >= 4 is 40.8 Å². The molecule has 4 nitrogen and oxygen atoms in total. The Kier molecular flexibility index (Phi) is 5.80. The van der Waals surface area contributed by atoms with Gasteiger partial charge in [-0.3, -0.25) is 10.1 Å². The lowest BCUT2D eigenvalue weighted by molar-refractivity contribution is -0.384. The summed E-state index contributed by atoms with van der Waals surface area (Å²) in [5, 5.41) is 13.0. The topological polar surface area (TPSA) is 55.5 Å². The van der Waals surface area contributed by atoms with Gasteiger partial charge in [0.2, 0.25) is 0 Å². The number of rotatable bonds is 5. The molecule has 2 rings (SSSR count). The molecule has 0 amide bonds. The zero-order valence-corrected chi connectivity index (χ0v) is 13.6. The van der Waals surface area contributed by atoms with Crippen LogP contribution in [0.25, 0.3) is 0 Å². The molecule has 2 aromatic rings. The first-order valence-electron chi connectivity index (χ1n) is 6.46. The van der Waals surface area contributed by atoms with E-state index < -0.39 is 4.92 Å². The van der Waals surface area contributed by atoms with E-state index in [2.05, 4.69) is 17.6 Å². The van der Waals surface area contributed by atoms with Gasteiger partial charge in [0.1, 0.15) is 0 Å². The molecule has 22 heavy (non-hydrogen) atoms. The molecule has 0 aliphatic rings. The second kappa shape index (κ2) is 7.82. The number of benzene rings is 2. The van der Waals surface area contributed by atoms with Crippen LogP contribution in [0.15, 0.2) is 69.9 Å². The van der Waals surface area contributed by atoms with E-state index >= 15 is 0 Å². The highest BCUT2D eigenvalue weighted by molar-refractivity contribution is 8.02. The number of nitro benzene ring substituents is 1. The van der Waals surface area contributed by atoms with Crippen molar-refractivity contribution < 1.29 is 4.92 Å². The lowest BCUT2D eigenvalue weighted by atomic mass is 10.2. The number of thioether (sulfide) groups is 1. The quantitative estimate of drug-likeness (QED) is 0.205. The highest BCUT2D eigenvalue weighted by atomic mass is 32.2. The van der Waals surface area contributed by atoms with Gasteiger partial charge < -0.3 is 0 Å². The Morgan fingerprint density at radius 3 is 2.41 bits per heavy atom. The standard InChI is InChI=1S/C16H14N2O2S2/c1-12-2-4-13(5-3-12)17-16(21)10-11-22-15-8-6-14(7-9-15)18(19)20/h2-11H,1H3,(H,17,21). The third-order valence-corrected chi connectivity index (χ3v) is 3.81. The van der Waals surface area contributed by atoms with Crippen LogP contribution in [0.3, 0.4) is 0 Å². The third-order valence-electron chi connectivity index (χ3n) is 2.75. The second-order valence-electron chi connectivity index (χ2n) is 4.48. The van der Waals surface area contributed by atoms with Crippen LogP contribution >= 0.6 is 24.4 Å². The molecule has 0 spiro atoms. The molecular formula is C16H14N2O2S2. The molecule has 0 aliphatic heterocycles. The maximum absolute atomic E-state index is 10.6. The smallest absolute Gasteiger partial charge is 0.258 e. The summed E-state index contributed by atoms with van der Waals surface area (Å²) in [5.74, 6) is 0. The molecule has 0 aliphatic carbocycles. The van der Waals surface area contributed by atoms with Gasteiger partial charge in [-0.25, -0.2) is 4.99 Å². The minimum absolute atomic E-state index is 0.0872. The van der Waals surface area contributed by atoms with Crippen molar-refractivity contribution in [3.63, 3.8) is 0 Å². The summed E-state index contributed by atoms with van der Waals surface area (Å²) in [6, 6.07) is 14.2. The first kappa shape index (κ1) is 16.3. The fourth-order valence-electron chi connectivity index (χ4n) is 1.61. The Bertz CT molecular complexity index is 708. The molecule has 6 heteroatoms. The molecule has 0 N–H and O–H groups in total. The van der Waals surface area contributed by atoms with Gasteiger partial charge in [0.05, 0.1) is 15.7 Å². The number of aliphatic imine (C=N–C) groups is 1. The zero-order valence-electron chi connectivity index (χ0n) is 11.8. The minimum Gasteiger partial charge on any atom is -0.258 e. The molecule has 0 bridgehead atoms. The Morgan fingerprint density at radius 2 is 1.82 bits per heavy atom. The maximum atomic E-state index is 10.6. The number of nitro groups is 1. The molecule has 0 saturated carbocycles. The van der Waals surface area contributed by atoms with Crippen LogP contribution in [0.5, 0.6) is 0 Å². The highest BCUT2D eigenvalue weighted by Crippen LogP contribution is 2.22. The van der Waals surface area contributed by atoms with Crippen molar-refractivity contribution in [2.45, 2.75) is 11.8 Å². The molecular weight excluding hydrogens is 316 g/mol. The summed E-state index contributed by atoms with van der Waals surface area (Å²) in [6.07, 6.45) is 1.79. The number of aryl methyl sites for hydroxylation is 1. The Hall–Kier alpha value is -2.05. The highest BCUT2D eigenvalue weighted by Gasteiger charge is 2.03. The SMILES string of the molecule is Cc1ccc(N=C(S)C=CSc2ccc([N+](=O)[O-])cc2)cc1. The summed E-state index contributed by atoms with van der Waals surface area (Å²) >= 11 is 5.77. The van der Waals surface area contributed by atoms with Crippen molar-refractivity contribution in [2.75, 3.05) is 0 Å². The average molecular weight is 330 g/mol. The molecule has 0 aromatic heterocycles. The molecule has 0 saturated heterocycles. The summed E-state index contributed by atoms with van der Waals surface area (Å²) in [6.45, 7) is 2.02. The van der Waals surface area contributed by atoms with Crippen molar-refractivity contribution in [2.24, 2.45) is 4.99 Å². The van der Waals surface area contributed by atoms with Crippen LogP contribution in [0.2, 0.25) is 0 Å². The first-order chi connectivity index (χ1) is 10.5. The van der Waals surface area contributed by atoms with E-state index in [-0.39, 0.29) is 5.69 Å². The van der Waals surface area contributed by atoms with E-state index in [4.69, 9.17) is 0 Å². The third kappa shape index (κ3) is 5.05. The Morgan fingerprint density at radius 1 is 1.18 bits per heavy atom. The van der Waals surface area contributed by atoms with Crippen molar-refractivity contribution in [1.29, 1.82) is 0 Å². The van der Waals surface area contributed by atoms with Crippen molar-refractivity contribution in [1.82, 2.24) is 0 Å². The largest absolute Gasteiger partial charge is 0.269 e. The lowest BCUT2D eigenvalue weighted by Crippen LogP contribution is -1.86. The number of thiol groups is 1. The van der Waals surface area contributed by atoms with Gasteiger partial charge in [-0.15, -0.1) is 12.6 Å². The van der Waals surface area contributed by atoms with Gasteiger partial charge in [-0.1, -0.05) is 29.5 Å². The normalized spacial score (nSPS) is 11.8. The lowest BCUT2D eigenvalue weighted by Gasteiger charge is -1.97. The predicted octanol–water partition coefficient (Wildman–Crippen LogP) is 5.17. The number of nitrogens with zero attached hydrogens (tertiary/aromatic N) is 2. The van der Waals surface area contributed by atoms with Gasteiger partial charge in [-0.05, 0) is 42.7 Å². The molecule has 0 heterocycles. The summed E-state index contributed by atoms with van der Waals surface area (Å²) < 4.78 is 0. The van der Waals surface area contributed by atoms with Crippen molar-refractivity contribution in [3.05, 3.63) is 75.7 Å². The maximum Gasteiger partial charge on any atom is 0.269 e. The van der Waals surface area contributed by atoms with Crippen LogP contribution in [-0.2, 0) is 0 Å². The predicted molar refractivity (Wildman–Crippen MR) is 95.4 cm³/mol. The van der Waals surface area contributed by atoms with Crippen LogP contribution in [0, 0.1) is 17.0 Å². The molecule has 0 fully saturated rings. The first-order valence-corrected chi connectivity index (χ1v) is 7.79. The minimum atomic E-state index is -0.412. The van der Waals surface area contributed by atoms with E-state index in [0.29, 0.717) is 5.04 Å². The zero-order chi connectivity index (χ0) is 15.9. The fourth-order valence-corrected chi connectivity index (χ4v) is 2.55. The van der Waals surface area contributed by atoms with Crippen LogP contribution in [0.4, 0.5) is 11.4 Å². The van der Waals surface area contributed by atoms with Crippen molar-refractivity contribution in [3.8, 4) is 0 Å². The number of hydrogen-bond acceptors (Lipinski definition) is 4. The Balaban J connectivity index is 1.96. The second-order valence-corrected chi connectivity index (χ2v) is 5.91. The number of non-ortho nitro benzene ring substituents is 1. The van der Waals surface area contributed by atoms with E-state index in [9.17, 15) is 10.1 Å². The Labute approximate surface area is 138 Å². The van der Waals surface area contributed by atoms with Gasteiger partial charge in [0.25, 0.3) is 5.69 Å². The fraction of sp³-hybridized carbons (Fsp3) is 0.0625. The van der Waals surface area contributed by atoms with Gasteiger partial charge in [-0.2, -0.15) is 0 Å². The molecule has 2 aromatic carbocycles. The van der Waals surface area contributed by atoms with E-state index in [1.807, 2.05) is 36.6 Å². The summed E-state index contributed by atoms with van der Waals surface area (Å²) in [7, 11) is 0. The van der Waals surface area contributed by atoms with E-state index in [0.717, 1.165) is 10.6 Å². The molecule has 0 radical (unpaired) electrons. The van der Waals surface area contributed by atoms with Crippen LogP contribution in [0.1, 0.15) is 5.56 Å². The average Bonchev–Trinajstić information content (AvgIpc) is 2.50. The molecule has 0 unspecified atom stereocenters. The number of hydrogen-bond donors (Lipinski definition) is 1. The van der Waals surface area contributed by atoms with Gasteiger partial charge in [0.15, 0.2) is 0 Å².